The van der Waals surface area contributed by atoms with Gasteiger partial charge in [0.25, 0.3) is 5.89 Å². The van der Waals surface area contributed by atoms with Crippen LogP contribution in [0.2, 0.25) is 0 Å². The van der Waals surface area contributed by atoms with Crippen LogP contribution in [0.15, 0.2) is 51.0 Å². The van der Waals surface area contributed by atoms with Crippen molar-refractivity contribution in [3.05, 3.63) is 57.9 Å². The molecule has 28 heavy (non-hydrogen) atoms. The molecule has 0 saturated heterocycles. The van der Waals surface area contributed by atoms with E-state index in [1.54, 1.807) is 37.4 Å². The molecule has 0 unspecified atom stereocenters. The van der Waals surface area contributed by atoms with E-state index in [2.05, 4.69) is 16.0 Å². The summed E-state index contributed by atoms with van der Waals surface area (Å²) in [6.45, 7) is 0.0356. The number of hydrogen-bond donors (Lipinski definition) is 2. The fourth-order valence-corrected chi connectivity index (χ4v) is 2.97. The number of hydrogen-bond acceptors (Lipinski definition) is 7. The second-order valence-electron chi connectivity index (χ2n) is 5.74. The van der Waals surface area contributed by atoms with Gasteiger partial charge in [-0.25, -0.2) is 4.79 Å². The number of nitrogens with zero attached hydrogens (tertiary/aromatic N) is 2. The van der Waals surface area contributed by atoms with Gasteiger partial charge in [-0.1, -0.05) is 18.2 Å². The van der Waals surface area contributed by atoms with Crippen molar-refractivity contribution in [1.29, 1.82) is 0 Å². The third kappa shape index (κ3) is 5.07. The quantitative estimate of drug-likeness (QED) is 0.577. The molecule has 0 aliphatic carbocycles. The van der Waals surface area contributed by atoms with Gasteiger partial charge in [-0.15, -0.1) is 16.4 Å². The van der Waals surface area contributed by atoms with Crippen molar-refractivity contribution in [2.75, 3.05) is 7.11 Å². The van der Waals surface area contributed by atoms with Crippen molar-refractivity contribution in [2.45, 2.75) is 19.4 Å². The molecule has 146 valence electrons. The van der Waals surface area contributed by atoms with Gasteiger partial charge in [0.1, 0.15) is 5.75 Å². The number of nitrogens with one attached hydrogen (secondary N) is 2. The lowest BCUT2D eigenvalue weighted by molar-refractivity contribution is -0.128. The van der Waals surface area contributed by atoms with E-state index < -0.39 is 11.7 Å². The van der Waals surface area contributed by atoms with Crippen LogP contribution in [-0.2, 0) is 22.6 Å². The number of methoxy groups -OCH3 is 1. The Morgan fingerprint density at radius 2 is 1.93 bits per heavy atom. The number of carbonyl (C=O) groups excluding carboxylic acids is 2. The predicted octanol–water partition coefficient (Wildman–Crippen LogP) is 1.35. The topological polar surface area (TPSA) is 115 Å². The summed E-state index contributed by atoms with van der Waals surface area (Å²) in [5.74, 6) is -0.538. The minimum absolute atomic E-state index is 0.0356. The highest BCUT2D eigenvalue weighted by Gasteiger charge is 2.12. The second kappa shape index (κ2) is 9.00. The lowest BCUT2D eigenvalue weighted by Gasteiger charge is -2.07. The third-order valence-corrected chi connectivity index (χ3v) is 4.61. The lowest BCUT2D eigenvalue weighted by Crippen LogP contribution is -2.42. The molecule has 9 nitrogen and oxygen atoms in total. The van der Waals surface area contributed by atoms with Crippen LogP contribution in [0.4, 0.5) is 0 Å². The largest absolute Gasteiger partial charge is 0.497 e. The summed E-state index contributed by atoms with van der Waals surface area (Å²) in [6.07, 6.45) is 0.0658. The van der Waals surface area contributed by atoms with Gasteiger partial charge in [-0.2, -0.15) is 4.68 Å². The molecule has 2 N–H and O–H groups in total. The molecular weight excluding hydrogens is 384 g/mol. The monoisotopic (exact) mass is 402 g/mol. The number of aromatic nitrogens is 2. The Labute approximate surface area is 163 Å². The first-order chi connectivity index (χ1) is 13.5. The van der Waals surface area contributed by atoms with E-state index in [0.29, 0.717) is 5.75 Å². The Morgan fingerprint density at radius 3 is 2.61 bits per heavy atom. The van der Waals surface area contributed by atoms with Crippen LogP contribution >= 0.6 is 11.3 Å². The highest BCUT2D eigenvalue weighted by molar-refractivity contribution is 7.13. The van der Waals surface area contributed by atoms with Crippen LogP contribution in [0.3, 0.4) is 0 Å². The number of hydrazine groups is 1. The minimum Gasteiger partial charge on any atom is -0.497 e. The van der Waals surface area contributed by atoms with E-state index in [9.17, 15) is 14.4 Å². The first kappa shape index (κ1) is 19.4. The van der Waals surface area contributed by atoms with Gasteiger partial charge in [0.05, 0.1) is 25.0 Å². The van der Waals surface area contributed by atoms with Gasteiger partial charge >= 0.3 is 5.76 Å². The smallest absolute Gasteiger partial charge is 0.437 e. The lowest BCUT2D eigenvalue weighted by atomic mass is 10.1. The fraction of sp³-hybridized carbons (Fsp3) is 0.222. The van der Waals surface area contributed by atoms with Crippen molar-refractivity contribution in [1.82, 2.24) is 20.6 Å². The normalized spacial score (nSPS) is 10.5. The molecule has 3 aromatic rings. The molecule has 0 aliphatic rings. The maximum atomic E-state index is 11.9. The number of aryl methyl sites for hydroxylation is 1. The van der Waals surface area contributed by atoms with E-state index >= 15 is 0 Å². The summed E-state index contributed by atoms with van der Waals surface area (Å²) in [7, 11) is 1.56. The van der Waals surface area contributed by atoms with Crippen molar-refractivity contribution in [2.24, 2.45) is 0 Å². The number of rotatable bonds is 7. The molecule has 0 aliphatic heterocycles. The van der Waals surface area contributed by atoms with Crippen LogP contribution in [0.25, 0.3) is 10.8 Å². The maximum absolute atomic E-state index is 11.9. The molecule has 0 fully saturated rings. The van der Waals surface area contributed by atoms with Gasteiger partial charge in [-0.05, 0) is 29.1 Å². The van der Waals surface area contributed by atoms with E-state index in [4.69, 9.17) is 9.15 Å². The number of benzene rings is 1. The molecule has 1 aromatic carbocycles. The summed E-state index contributed by atoms with van der Waals surface area (Å²) in [5.41, 5.74) is 5.43. The van der Waals surface area contributed by atoms with Crippen LogP contribution in [0.1, 0.15) is 12.0 Å². The zero-order chi connectivity index (χ0) is 19.9. The highest BCUT2D eigenvalue weighted by Crippen LogP contribution is 2.21. The summed E-state index contributed by atoms with van der Waals surface area (Å²) in [4.78, 5) is 36.3. The first-order valence-electron chi connectivity index (χ1n) is 8.37. The Bertz CT molecular complexity index is 992. The number of carbonyl (C=O) groups is 2. The number of ether oxygens (including phenoxy) is 1. The van der Waals surface area contributed by atoms with Crippen molar-refractivity contribution in [3.8, 4) is 16.5 Å². The Kier molecular flexibility index (Phi) is 6.22. The summed E-state index contributed by atoms with van der Waals surface area (Å²) in [6, 6.07) is 10.6. The molecule has 0 bridgehead atoms. The predicted molar refractivity (Wildman–Crippen MR) is 102 cm³/mol. The zero-order valence-electron chi connectivity index (χ0n) is 15.0. The third-order valence-electron chi connectivity index (χ3n) is 3.75. The van der Waals surface area contributed by atoms with Gasteiger partial charge in [-0.3, -0.25) is 20.4 Å². The average molecular weight is 402 g/mol. The Hall–Kier alpha value is -3.40. The summed E-state index contributed by atoms with van der Waals surface area (Å²) < 4.78 is 11.2. The molecule has 10 heteroatoms. The highest BCUT2D eigenvalue weighted by atomic mass is 32.1. The van der Waals surface area contributed by atoms with Crippen LogP contribution in [0, 0.1) is 0 Å². The van der Waals surface area contributed by atoms with Crippen molar-refractivity contribution >= 4 is 23.2 Å². The van der Waals surface area contributed by atoms with Crippen LogP contribution in [0.5, 0.6) is 5.75 Å². The molecule has 3 rings (SSSR count). The Balaban J connectivity index is 1.44. The number of thiophene rings is 1. The number of amides is 2. The average Bonchev–Trinajstić information content (AvgIpc) is 3.35. The van der Waals surface area contributed by atoms with E-state index in [1.165, 1.54) is 11.3 Å². The van der Waals surface area contributed by atoms with Crippen molar-refractivity contribution in [3.63, 3.8) is 0 Å². The molecular formula is C18H18N4O5S. The van der Waals surface area contributed by atoms with Gasteiger partial charge in [0.15, 0.2) is 0 Å². The Morgan fingerprint density at radius 1 is 1.18 bits per heavy atom. The van der Waals surface area contributed by atoms with Crippen LogP contribution in [-0.4, -0.2) is 28.7 Å². The van der Waals surface area contributed by atoms with E-state index in [1.807, 2.05) is 11.4 Å². The van der Waals surface area contributed by atoms with Gasteiger partial charge < -0.3 is 9.15 Å². The SMILES string of the molecule is COc1ccc(CC(=O)NNC(=O)CCn2nc(-c3cccs3)oc2=O)cc1. The molecule has 0 spiro atoms. The van der Waals surface area contributed by atoms with Crippen molar-refractivity contribution < 1.29 is 18.7 Å². The van der Waals surface area contributed by atoms with E-state index in [-0.39, 0.29) is 31.2 Å². The minimum atomic E-state index is -0.639. The fourth-order valence-electron chi connectivity index (χ4n) is 2.33. The molecule has 0 radical (unpaired) electrons. The molecule has 2 amide bonds. The standard InChI is InChI=1S/C18H18N4O5S/c1-26-13-6-4-12(5-7-13)11-16(24)20-19-15(23)8-9-22-18(25)27-17(21-22)14-3-2-10-28-14/h2-7,10H,8-9,11H2,1H3,(H,19,23)(H,20,24). The van der Waals surface area contributed by atoms with Gasteiger partial charge in [0.2, 0.25) is 11.8 Å². The van der Waals surface area contributed by atoms with Crippen LogP contribution < -0.4 is 21.3 Å². The summed E-state index contributed by atoms with van der Waals surface area (Å²) in [5, 5.41) is 5.90. The molecule has 0 saturated carbocycles. The molecule has 2 aromatic heterocycles. The van der Waals surface area contributed by atoms with Gasteiger partial charge in [0, 0.05) is 6.42 Å². The zero-order valence-corrected chi connectivity index (χ0v) is 15.8. The van der Waals surface area contributed by atoms with E-state index in [0.717, 1.165) is 15.1 Å². The molecule has 2 heterocycles. The second-order valence-corrected chi connectivity index (χ2v) is 6.69. The first-order valence-corrected chi connectivity index (χ1v) is 9.25. The molecule has 0 atom stereocenters. The summed E-state index contributed by atoms with van der Waals surface area (Å²) >= 11 is 1.39. The maximum Gasteiger partial charge on any atom is 0.437 e.